The fourth-order valence-corrected chi connectivity index (χ4v) is 3.04. The van der Waals surface area contributed by atoms with Gasteiger partial charge in [0.1, 0.15) is 22.9 Å². The minimum atomic E-state index is -4.69. The lowest BCUT2D eigenvalue weighted by Gasteiger charge is -2.11. The number of imidazole rings is 1. The largest absolute Gasteiger partial charge is 0.497 e. The second-order valence-corrected chi connectivity index (χ2v) is 6.33. The van der Waals surface area contributed by atoms with Crippen LogP contribution in [-0.4, -0.2) is 21.5 Å². The Bertz CT molecular complexity index is 1260. The van der Waals surface area contributed by atoms with Gasteiger partial charge in [-0.15, -0.1) is 0 Å². The van der Waals surface area contributed by atoms with E-state index in [1.54, 1.807) is 43.5 Å². The minimum Gasteiger partial charge on any atom is -0.497 e. The quantitative estimate of drug-likeness (QED) is 0.511. The Hall–Kier alpha value is -4.06. The van der Waals surface area contributed by atoms with Gasteiger partial charge in [0.25, 0.3) is 0 Å². The molecule has 3 aromatic heterocycles. The highest BCUT2D eigenvalue weighted by Gasteiger charge is 2.38. The van der Waals surface area contributed by atoms with Crippen molar-refractivity contribution in [3.05, 3.63) is 72.1 Å². The molecular weight excluding hydrogens is 395 g/mol. The number of benzene rings is 1. The summed E-state index contributed by atoms with van der Waals surface area (Å²) in [6.07, 6.45) is -3.21. The number of pyridine rings is 2. The van der Waals surface area contributed by atoms with Gasteiger partial charge in [-0.2, -0.15) is 18.4 Å². The average Bonchev–Trinajstić information content (AvgIpc) is 3.14. The maximum Gasteiger partial charge on any atom is 0.435 e. The molecule has 0 unspecified atom stereocenters. The number of nitriles is 1. The first kappa shape index (κ1) is 19.3. The molecule has 0 saturated heterocycles. The van der Waals surface area contributed by atoms with Crippen LogP contribution in [-0.2, 0) is 6.18 Å². The number of hydrogen-bond acceptors (Lipinski definition) is 5. The zero-order valence-electron chi connectivity index (χ0n) is 15.6. The first-order valence-corrected chi connectivity index (χ1v) is 8.77. The van der Waals surface area contributed by atoms with E-state index < -0.39 is 11.9 Å². The molecule has 0 spiro atoms. The van der Waals surface area contributed by atoms with E-state index in [4.69, 9.17) is 4.74 Å². The standard InChI is InChI=1S/C21H14F3N5O/c1-30-15-7-5-14(6-8-15)26-17-11-13(12-25)10-16(27-17)19-20(21(22,23)24)28-18-4-2-3-9-29(18)19/h2-11H,1H3,(H,26,27). The second kappa shape index (κ2) is 7.40. The molecule has 0 aliphatic heterocycles. The van der Waals surface area contributed by atoms with Crippen LogP contribution in [0.15, 0.2) is 60.8 Å². The summed E-state index contributed by atoms with van der Waals surface area (Å²) in [5, 5.41) is 12.4. The normalized spacial score (nSPS) is 11.3. The van der Waals surface area contributed by atoms with Crippen LogP contribution in [0.2, 0.25) is 0 Å². The lowest BCUT2D eigenvalue weighted by molar-refractivity contribution is -0.140. The zero-order valence-corrected chi connectivity index (χ0v) is 15.6. The summed E-state index contributed by atoms with van der Waals surface area (Å²) in [7, 11) is 1.54. The molecule has 4 rings (SSSR count). The minimum absolute atomic E-state index is 0.0175. The molecule has 9 heteroatoms. The Morgan fingerprint density at radius 1 is 1.07 bits per heavy atom. The Balaban J connectivity index is 1.86. The lowest BCUT2D eigenvalue weighted by Crippen LogP contribution is -2.09. The number of rotatable bonds is 4. The number of nitrogens with one attached hydrogen (secondary N) is 1. The van der Waals surface area contributed by atoms with Crippen LogP contribution in [0.4, 0.5) is 24.7 Å². The zero-order chi connectivity index (χ0) is 21.3. The summed E-state index contributed by atoms with van der Waals surface area (Å²) in [4.78, 5) is 8.06. The van der Waals surface area contributed by atoms with Crippen LogP contribution in [0.3, 0.4) is 0 Å². The molecule has 0 fully saturated rings. The highest BCUT2D eigenvalue weighted by atomic mass is 19.4. The molecule has 1 N–H and O–H groups in total. The molecule has 0 atom stereocenters. The van der Waals surface area contributed by atoms with Crippen molar-refractivity contribution < 1.29 is 17.9 Å². The number of halogens is 3. The Morgan fingerprint density at radius 3 is 2.50 bits per heavy atom. The highest BCUT2D eigenvalue weighted by molar-refractivity contribution is 5.69. The van der Waals surface area contributed by atoms with Gasteiger partial charge >= 0.3 is 6.18 Å². The third kappa shape index (κ3) is 3.63. The molecule has 6 nitrogen and oxygen atoms in total. The van der Waals surface area contributed by atoms with Crippen molar-refractivity contribution in [1.29, 1.82) is 5.26 Å². The molecule has 150 valence electrons. The van der Waals surface area contributed by atoms with Crippen molar-refractivity contribution in [3.63, 3.8) is 0 Å². The predicted molar refractivity (Wildman–Crippen MR) is 104 cm³/mol. The smallest absolute Gasteiger partial charge is 0.435 e. The molecule has 0 aliphatic rings. The number of hydrogen-bond donors (Lipinski definition) is 1. The topological polar surface area (TPSA) is 75.2 Å². The van der Waals surface area contributed by atoms with Crippen LogP contribution >= 0.6 is 0 Å². The predicted octanol–water partition coefficient (Wildman–Crippen LogP) is 5.04. The van der Waals surface area contributed by atoms with Gasteiger partial charge in [0, 0.05) is 11.9 Å². The maximum absolute atomic E-state index is 13.7. The molecule has 0 aliphatic carbocycles. The van der Waals surface area contributed by atoms with Gasteiger partial charge in [0.05, 0.1) is 24.4 Å². The molecule has 0 bridgehead atoms. The van der Waals surface area contributed by atoms with Gasteiger partial charge in [-0.1, -0.05) is 6.07 Å². The molecule has 4 aromatic rings. The summed E-state index contributed by atoms with van der Waals surface area (Å²) in [6.45, 7) is 0. The van der Waals surface area contributed by atoms with E-state index in [0.29, 0.717) is 11.4 Å². The average molecular weight is 409 g/mol. The second-order valence-electron chi connectivity index (χ2n) is 6.33. The van der Waals surface area contributed by atoms with E-state index in [1.807, 2.05) is 6.07 Å². The monoisotopic (exact) mass is 409 g/mol. The van der Waals surface area contributed by atoms with Crippen LogP contribution in [0.25, 0.3) is 17.0 Å². The molecule has 0 radical (unpaired) electrons. The van der Waals surface area contributed by atoms with Gasteiger partial charge in [-0.05, 0) is 48.5 Å². The maximum atomic E-state index is 13.7. The van der Waals surface area contributed by atoms with Gasteiger partial charge in [-0.25, -0.2) is 9.97 Å². The summed E-state index contributed by atoms with van der Waals surface area (Å²) >= 11 is 0. The molecule has 30 heavy (non-hydrogen) atoms. The molecule has 0 amide bonds. The van der Waals surface area contributed by atoms with E-state index >= 15 is 0 Å². The SMILES string of the molecule is COc1ccc(Nc2cc(C#N)cc(-c3c(C(F)(F)F)nc4ccccn34)n2)cc1. The van der Waals surface area contributed by atoms with Crippen molar-refractivity contribution in [2.75, 3.05) is 12.4 Å². The Morgan fingerprint density at radius 2 is 1.83 bits per heavy atom. The first-order chi connectivity index (χ1) is 14.4. The van der Waals surface area contributed by atoms with Crippen molar-refractivity contribution in [2.24, 2.45) is 0 Å². The van der Waals surface area contributed by atoms with Gasteiger partial charge in [-0.3, -0.25) is 4.40 Å². The fourth-order valence-electron chi connectivity index (χ4n) is 3.04. The van der Waals surface area contributed by atoms with Crippen LogP contribution < -0.4 is 10.1 Å². The number of aromatic nitrogens is 3. The number of anilines is 2. The molecule has 0 saturated carbocycles. The third-order valence-corrected chi connectivity index (χ3v) is 4.36. The third-order valence-electron chi connectivity index (χ3n) is 4.36. The van der Waals surface area contributed by atoms with Crippen LogP contribution in [0.1, 0.15) is 11.3 Å². The van der Waals surface area contributed by atoms with E-state index in [9.17, 15) is 18.4 Å². The lowest BCUT2D eigenvalue weighted by atomic mass is 10.1. The highest BCUT2D eigenvalue weighted by Crippen LogP contribution is 2.37. The van der Waals surface area contributed by atoms with Crippen molar-refractivity contribution in [1.82, 2.24) is 14.4 Å². The van der Waals surface area contributed by atoms with E-state index in [2.05, 4.69) is 15.3 Å². The summed E-state index contributed by atoms with van der Waals surface area (Å²) in [5.74, 6) is 0.883. The Kier molecular flexibility index (Phi) is 4.75. The number of alkyl halides is 3. The van der Waals surface area contributed by atoms with E-state index in [1.165, 1.54) is 28.8 Å². The van der Waals surface area contributed by atoms with Gasteiger partial charge in [0.2, 0.25) is 0 Å². The van der Waals surface area contributed by atoms with Gasteiger partial charge < -0.3 is 10.1 Å². The van der Waals surface area contributed by atoms with Gasteiger partial charge in [0.15, 0.2) is 5.69 Å². The number of nitrogens with zero attached hydrogens (tertiary/aromatic N) is 4. The molecule has 3 heterocycles. The first-order valence-electron chi connectivity index (χ1n) is 8.77. The molecule has 1 aromatic carbocycles. The summed E-state index contributed by atoms with van der Waals surface area (Å²) in [5.41, 5.74) is -0.377. The number of ether oxygens (including phenoxy) is 1. The number of fused-ring (bicyclic) bond motifs is 1. The van der Waals surface area contributed by atoms with Crippen LogP contribution in [0, 0.1) is 11.3 Å². The van der Waals surface area contributed by atoms with Crippen molar-refractivity contribution in [2.45, 2.75) is 6.18 Å². The van der Waals surface area contributed by atoms with E-state index in [-0.39, 0.29) is 28.4 Å². The molecular formula is C21H14F3N5O. The van der Waals surface area contributed by atoms with Crippen LogP contribution in [0.5, 0.6) is 5.75 Å². The number of methoxy groups -OCH3 is 1. The fraction of sp³-hybridized carbons (Fsp3) is 0.0952. The van der Waals surface area contributed by atoms with Crippen molar-refractivity contribution in [3.8, 4) is 23.2 Å². The summed E-state index contributed by atoms with van der Waals surface area (Å²) in [6, 6.07) is 16.3. The van der Waals surface area contributed by atoms with Crippen molar-refractivity contribution >= 4 is 17.2 Å². The summed E-state index contributed by atoms with van der Waals surface area (Å²) < 4.78 is 47.4. The Labute approximate surface area is 169 Å². The van der Waals surface area contributed by atoms with E-state index in [0.717, 1.165) is 0 Å².